The van der Waals surface area contributed by atoms with Gasteiger partial charge in [-0.05, 0) is 61.0 Å². The van der Waals surface area contributed by atoms with E-state index in [-0.39, 0.29) is 35.0 Å². The zero-order valence-electron chi connectivity index (χ0n) is 16.5. The first kappa shape index (κ1) is 22.0. The quantitative estimate of drug-likeness (QED) is 0.461. The number of benzene rings is 2. The van der Waals surface area contributed by atoms with Crippen molar-refractivity contribution in [1.82, 2.24) is 10.6 Å². The summed E-state index contributed by atoms with van der Waals surface area (Å²) in [7, 11) is -3.98. The molecule has 0 spiro atoms. The molecule has 3 rings (SSSR count). The molecule has 0 aliphatic rings. The number of furan rings is 1. The molecule has 8 nitrogen and oxygen atoms in total. The maximum absolute atomic E-state index is 13.0. The number of carbonyl (C=O) groups excluding carboxylic acids is 2. The predicted octanol–water partition coefficient (Wildman–Crippen LogP) is 2.69. The van der Waals surface area contributed by atoms with Gasteiger partial charge in [0.2, 0.25) is 0 Å². The number of carbonyl (C=O) groups is 2. The van der Waals surface area contributed by atoms with Gasteiger partial charge in [0.15, 0.2) is 5.76 Å². The molecule has 0 bridgehead atoms. The summed E-state index contributed by atoms with van der Waals surface area (Å²) in [5, 5.41) is 5.23. The van der Waals surface area contributed by atoms with Crippen molar-refractivity contribution < 1.29 is 26.8 Å². The van der Waals surface area contributed by atoms with Gasteiger partial charge in [-0.15, -0.1) is 0 Å². The van der Waals surface area contributed by atoms with Crippen molar-refractivity contribution in [3.8, 4) is 0 Å². The van der Waals surface area contributed by atoms with Crippen LogP contribution in [0.5, 0.6) is 0 Å². The Kier molecular flexibility index (Phi) is 6.71. The zero-order valence-corrected chi connectivity index (χ0v) is 17.3. The Morgan fingerprint density at radius 3 is 2.29 bits per heavy atom. The van der Waals surface area contributed by atoms with Crippen molar-refractivity contribution in [1.29, 1.82) is 0 Å². The molecule has 0 aliphatic heterocycles. The van der Waals surface area contributed by atoms with Gasteiger partial charge in [-0.25, -0.2) is 12.8 Å². The van der Waals surface area contributed by atoms with Crippen LogP contribution < -0.4 is 15.4 Å². The fourth-order valence-corrected chi connectivity index (χ4v) is 3.77. The highest BCUT2D eigenvalue weighted by atomic mass is 32.2. The summed E-state index contributed by atoms with van der Waals surface area (Å²) in [5.41, 5.74) is 0.956. The minimum Gasteiger partial charge on any atom is -0.459 e. The lowest BCUT2D eigenvalue weighted by Gasteiger charge is -2.12. The van der Waals surface area contributed by atoms with Crippen LogP contribution in [-0.2, 0) is 10.0 Å². The van der Waals surface area contributed by atoms with Crippen LogP contribution in [0.1, 0.15) is 26.5 Å². The third-order valence-corrected chi connectivity index (χ3v) is 5.68. The second-order valence-corrected chi connectivity index (χ2v) is 8.26. The molecule has 0 saturated carbocycles. The molecular weight excluding hydrogens is 425 g/mol. The van der Waals surface area contributed by atoms with Crippen molar-refractivity contribution in [2.24, 2.45) is 0 Å². The fraction of sp³-hybridized carbons (Fsp3) is 0.143. The average Bonchev–Trinajstić information content (AvgIpc) is 3.27. The van der Waals surface area contributed by atoms with Crippen molar-refractivity contribution in [2.45, 2.75) is 11.8 Å². The molecule has 10 heteroatoms. The second-order valence-electron chi connectivity index (χ2n) is 6.58. The fourth-order valence-electron chi connectivity index (χ4n) is 2.69. The lowest BCUT2D eigenvalue weighted by molar-refractivity contribution is 0.0910. The Morgan fingerprint density at radius 2 is 1.65 bits per heavy atom. The molecule has 0 unspecified atom stereocenters. The lowest BCUT2D eigenvalue weighted by atomic mass is 10.1. The molecule has 0 radical (unpaired) electrons. The first-order chi connectivity index (χ1) is 14.8. The maximum Gasteiger partial charge on any atom is 0.287 e. The first-order valence-electron chi connectivity index (χ1n) is 9.25. The summed E-state index contributed by atoms with van der Waals surface area (Å²) in [5.74, 6) is -1.22. The average molecular weight is 445 g/mol. The standard InChI is InChI=1S/C21H20FN3O5S/c1-14-4-9-17(31(28,29)25-16-7-5-15(22)6-8-16)13-18(14)20(26)23-10-11-24-21(27)19-3-2-12-30-19/h2-9,12-13,25H,10-11H2,1H3,(H,23,26)(H,24,27). The summed E-state index contributed by atoms with van der Waals surface area (Å²) in [6.07, 6.45) is 1.38. The molecule has 1 aromatic heterocycles. The Bertz CT molecular complexity index is 1180. The van der Waals surface area contributed by atoms with Crippen molar-refractivity contribution in [3.63, 3.8) is 0 Å². The number of amides is 2. The normalized spacial score (nSPS) is 11.0. The highest BCUT2D eigenvalue weighted by Gasteiger charge is 2.18. The van der Waals surface area contributed by atoms with Crippen LogP contribution in [0.25, 0.3) is 0 Å². The SMILES string of the molecule is Cc1ccc(S(=O)(=O)Nc2ccc(F)cc2)cc1C(=O)NCCNC(=O)c1ccco1. The Balaban J connectivity index is 1.63. The van der Waals surface area contributed by atoms with E-state index in [2.05, 4.69) is 15.4 Å². The molecule has 0 saturated heterocycles. The van der Waals surface area contributed by atoms with E-state index in [4.69, 9.17) is 4.42 Å². The highest BCUT2D eigenvalue weighted by Crippen LogP contribution is 2.19. The molecule has 1 heterocycles. The molecular formula is C21H20FN3O5S. The van der Waals surface area contributed by atoms with Crippen LogP contribution in [0.4, 0.5) is 10.1 Å². The molecule has 3 aromatic rings. The Labute approximate surface area is 178 Å². The smallest absolute Gasteiger partial charge is 0.287 e. The molecule has 3 N–H and O–H groups in total. The van der Waals surface area contributed by atoms with Crippen LogP contribution in [0.2, 0.25) is 0 Å². The molecule has 2 aromatic carbocycles. The summed E-state index contributed by atoms with van der Waals surface area (Å²) >= 11 is 0. The van der Waals surface area contributed by atoms with Crippen LogP contribution >= 0.6 is 0 Å². The number of sulfonamides is 1. The van der Waals surface area contributed by atoms with Gasteiger partial charge in [-0.2, -0.15) is 0 Å². The van der Waals surface area contributed by atoms with E-state index >= 15 is 0 Å². The van der Waals surface area contributed by atoms with Crippen LogP contribution in [0.3, 0.4) is 0 Å². The predicted molar refractivity (Wildman–Crippen MR) is 112 cm³/mol. The molecule has 0 atom stereocenters. The van der Waals surface area contributed by atoms with Crippen molar-refractivity contribution in [3.05, 3.63) is 83.6 Å². The first-order valence-corrected chi connectivity index (χ1v) is 10.7. The second kappa shape index (κ2) is 9.43. The Hall–Kier alpha value is -3.66. The minimum atomic E-state index is -3.98. The molecule has 2 amide bonds. The lowest BCUT2D eigenvalue weighted by Crippen LogP contribution is -2.34. The van der Waals surface area contributed by atoms with Gasteiger partial charge in [0, 0.05) is 24.3 Å². The van der Waals surface area contributed by atoms with Gasteiger partial charge in [-0.1, -0.05) is 6.07 Å². The van der Waals surface area contributed by atoms with Gasteiger partial charge < -0.3 is 15.1 Å². The van der Waals surface area contributed by atoms with Crippen molar-refractivity contribution in [2.75, 3.05) is 17.8 Å². The van der Waals surface area contributed by atoms with Gasteiger partial charge in [0.1, 0.15) is 5.82 Å². The van der Waals surface area contributed by atoms with E-state index in [0.717, 1.165) is 12.1 Å². The number of halogens is 1. The van der Waals surface area contributed by atoms with E-state index in [1.54, 1.807) is 13.0 Å². The maximum atomic E-state index is 13.0. The van der Waals surface area contributed by atoms with E-state index in [9.17, 15) is 22.4 Å². The Morgan fingerprint density at radius 1 is 0.968 bits per heavy atom. The zero-order chi connectivity index (χ0) is 22.4. The number of rotatable bonds is 8. The van der Waals surface area contributed by atoms with Gasteiger partial charge in [0.05, 0.1) is 11.2 Å². The van der Waals surface area contributed by atoms with E-state index in [1.165, 1.54) is 42.7 Å². The van der Waals surface area contributed by atoms with Gasteiger partial charge >= 0.3 is 0 Å². The topological polar surface area (TPSA) is 118 Å². The third kappa shape index (κ3) is 5.70. The molecule has 31 heavy (non-hydrogen) atoms. The number of anilines is 1. The molecule has 162 valence electrons. The van der Waals surface area contributed by atoms with E-state index in [0.29, 0.717) is 5.56 Å². The van der Waals surface area contributed by atoms with E-state index < -0.39 is 27.7 Å². The molecule has 0 fully saturated rings. The van der Waals surface area contributed by atoms with Gasteiger partial charge in [0.25, 0.3) is 21.8 Å². The molecule has 0 aliphatic carbocycles. The number of nitrogens with one attached hydrogen (secondary N) is 3. The minimum absolute atomic E-state index is 0.112. The third-order valence-electron chi connectivity index (χ3n) is 4.30. The van der Waals surface area contributed by atoms with E-state index in [1.807, 2.05) is 0 Å². The number of hydrogen-bond donors (Lipinski definition) is 3. The van der Waals surface area contributed by atoms with Crippen LogP contribution in [-0.4, -0.2) is 33.3 Å². The van der Waals surface area contributed by atoms with Crippen LogP contribution in [0, 0.1) is 12.7 Å². The summed E-state index contributed by atoms with van der Waals surface area (Å²) < 4.78 is 45.6. The number of hydrogen-bond acceptors (Lipinski definition) is 5. The summed E-state index contributed by atoms with van der Waals surface area (Å²) in [6, 6.07) is 12.1. The summed E-state index contributed by atoms with van der Waals surface area (Å²) in [6.45, 7) is 1.97. The van der Waals surface area contributed by atoms with Gasteiger partial charge in [-0.3, -0.25) is 14.3 Å². The monoisotopic (exact) mass is 445 g/mol. The van der Waals surface area contributed by atoms with Crippen LogP contribution in [0.15, 0.2) is 70.2 Å². The summed E-state index contributed by atoms with van der Waals surface area (Å²) in [4.78, 5) is 24.2. The highest BCUT2D eigenvalue weighted by molar-refractivity contribution is 7.92. The van der Waals surface area contributed by atoms with Crippen molar-refractivity contribution >= 4 is 27.5 Å². The largest absolute Gasteiger partial charge is 0.459 e. The number of aryl methyl sites for hydroxylation is 1.